The van der Waals surface area contributed by atoms with Crippen LogP contribution in [-0.4, -0.2) is 27.7 Å². The topological polar surface area (TPSA) is 141 Å². The smallest absolute Gasteiger partial charge is 0.342 e. The molecule has 0 aromatic carbocycles. The molecule has 0 rings (SSSR count). The summed E-state index contributed by atoms with van der Waals surface area (Å²) in [5, 5.41) is 7.62. The number of rotatable bonds is 2. The lowest BCUT2D eigenvalue weighted by Crippen LogP contribution is -1.97. The van der Waals surface area contributed by atoms with Crippen molar-refractivity contribution < 1.29 is 31.4 Å². The first kappa shape index (κ1) is 22.8. The Bertz CT molecular complexity index is 62.8. The molecule has 0 spiro atoms. The Kier molecular flexibility index (Phi) is 35.9. The average Bonchev–Trinajstić information content (AvgIpc) is 1.68. The lowest BCUT2D eigenvalue weighted by Gasteiger charge is -1.87. The second-order valence-corrected chi connectivity index (χ2v) is 1.21. The van der Waals surface area contributed by atoms with Gasteiger partial charge in [-0.15, -0.1) is 0 Å². The Morgan fingerprint density at radius 2 is 1.80 bits per heavy atom. The molecule has 0 aromatic rings. The van der Waals surface area contributed by atoms with Crippen molar-refractivity contribution in [3.63, 3.8) is 0 Å². The summed E-state index contributed by atoms with van der Waals surface area (Å²) in [7, 11) is 0. The summed E-state index contributed by atoms with van der Waals surface area (Å²) in [5.74, 6) is -0.567. The molecule has 0 aliphatic rings. The average molecular weight is 158 g/mol. The molecule has 0 aliphatic carbocycles. The van der Waals surface area contributed by atoms with E-state index in [-0.39, 0.29) is 22.8 Å². The van der Waals surface area contributed by atoms with Gasteiger partial charge in [-0.1, -0.05) is 6.92 Å². The minimum Gasteiger partial charge on any atom is -0.412 e. The Labute approximate surface area is 58.3 Å². The maximum atomic E-state index is 9.94. The van der Waals surface area contributed by atoms with Crippen molar-refractivity contribution >= 4 is 5.97 Å². The van der Waals surface area contributed by atoms with Gasteiger partial charge in [0.05, 0.1) is 0 Å². The van der Waals surface area contributed by atoms with Crippen LogP contribution in [0.3, 0.4) is 0 Å². The minimum atomic E-state index is -0.567. The quantitative estimate of drug-likeness (QED) is 0.379. The van der Waals surface area contributed by atoms with E-state index >= 15 is 0 Å². The van der Waals surface area contributed by atoms with Gasteiger partial charge in [0, 0.05) is 6.42 Å². The van der Waals surface area contributed by atoms with Crippen LogP contribution < -0.4 is 0 Å². The third-order valence-corrected chi connectivity index (χ3v) is 0.556. The molecule has 66 valence electrons. The lowest BCUT2D eigenvalue weighted by atomic mass is 10.3. The number of hydrogen-bond donors (Lipinski definition) is 1. The van der Waals surface area contributed by atoms with Crippen molar-refractivity contribution in [2.24, 2.45) is 0 Å². The molecular weight excluding hydrogens is 144 g/mol. The summed E-state index contributed by atoms with van der Waals surface area (Å²) < 4.78 is 0. The van der Waals surface area contributed by atoms with E-state index < -0.39 is 5.97 Å². The van der Waals surface area contributed by atoms with Crippen molar-refractivity contribution in [2.75, 3.05) is 0 Å². The first-order valence-corrected chi connectivity index (χ1v) is 2.15. The van der Waals surface area contributed by atoms with Gasteiger partial charge in [0.1, 0.15) is 0 Å². The molecule has 10 heavy (non-hydrogen) atoms. The molecule has 0 heterocycles. The second kappa shape index (κ2) is 15.7. The molecule has 0 aliphatic heterocycles. The normalized spacial score (nSPS) is 5.80. The van der Waals surface area contributed by atoms with E-state index in [0.29, 0.717) is 6.42 Å². The fourth-order valence-electron chi connectivity index (χ4n) is 0.250. The summed E-state index contributed by atoms with van der Waals surface area (Å²) in [4.78, 5) is 13.3. The van der Waals surface area contributed by atoms with E-state index in [2.05, 4.69) is 4.89 Å². The van der Waals surface area contributed by atoms with Gasteiger partial charge < -0.3 is 21.3 Å². The molecule has 0 atom stereocenters. The van der Waals surface area contributed by atoms with Gasteiger partial charge in [0.25, 0.3) is 0 Å². The molecule has 0 saturated heterocycles. The Balaban J connectivity index is -0.0000000600. The van der Waals surface area contributed by atoms with Crippen LogP contribution in [0.15, 0.2) is 0 Å². The maximum absolute atomic E-state index is 9.94. The molecule has 0 amide bonds. The molecule has 0 saturated carbocycles. The van der Waals surface area contributed by atoms with Gasteiger partial charge in [0.2, 0.25) is 0 Å². The molecule has 0 bridgehead atoms. The van der Waals surface area contributed by atoms with Crippen molar-refractivity contribution in [2.45, 2.75) is 19.8 Å². The summed E-state index contributed by atoms with van der Waals surface area (Å²) >= 11 is 0. The van der Waals surface area contributed by atoms with E-state index in [4.69, 9.17) is 5.26 Å². The lowest BCUT2D eigenvalue weighted by molar-refractivity contribution is -0.234. The molecule has 0 unspecified atom stereocenters. The highest BCUT2D eigenvalue weighted by Gasteiger charge is 1.95. The third kappa shape index (κ3) is 15.7. The summed E-state index contributed by atoms with van der Waals surface area (Å²) in [6.07, 6.45) is 0.996. The fourth-order valence-corrected chi connectivity index (χ4v) is 0.250. The van der Waals surface area contributed by atoms with Crippen molar-refractivity contribution in [1.29, 1.82) is 0 Å². The predicted molar refractivity (Wildman–Crippen MR) is 34.5 cm³/mol. The van der Waals surface area contributed by atoms with Gasteiger partial charge in [-0.25, -0.2) is 4.79 Å². The molecule has 0 radical (unpaired) electrons. The molecule has 0 aromatic heterocycles. The third-order valence-electron chi connectivity index (χ3n) is 0.556. The van der Waals surface area contributed by atoms with Gasteiger partial charge >= 0.3 is 5.97 Å². The largest absolute Gasteiger partial charge is 0.412 e. The standard InChI is InChI=1S/C4H8O3.3H2O/c1-2-3-4(5)7-6;;;/h6H,2-3H2,1H3;3*1H2. The Hall–Kier alpha value is -0.690. The zero-order valence-electron chi connectivity index (χ0n) is 5.68. The van der Waals surface area contributed by atoms with Gasteiger partial charge in [-0.05, 0) is 6.42 Å². The predicted octanol–water partition coefficient (Wildman–Crippen LogP) is -1.67. The molecular formula is C4H14O6. The molecule has 0 fully saturated rings. The van der Waals surface area contributed by atoms with Crippen LogP contribution in [0.1, 0.15) is 19.8 Å². The highest BCUT2D eigenvalue weighted by Crippen LogP contribution is 1.86. The van der Waals surface area contributed by atoms with E-state index in [1.54, 1.807) is 0 Å². The second-order valence-electron chi connectivity index (χ2n) is 1.21. The van der Waals surface area contributed by atoms with Crippen LogP contribution in [-0.2, 0) is 9.68 Å². The highest BCUT2D eigenvalue weighted by molar-refractivity contribution is 5.68. The zero-order chi connectivity index (χ0) is 5.70. The van der Waals surface area contributed by atoms with Crippen LogP contribution in [0.2, 0.25) is 0 Å². The zero-order valence-corrected chi connectivity index (χ0v) is 5.68. The van der Waals surface area contributed by atoms with Crippen molar-refractivity contribution in [3.05, 3.63) is 0 Å². The van der Waals surface area contributed by atoms with Crippen molar-refractivity contribution in [1.82, 2.24) is 0 Å². The van der Waals surface area contributed by atoms with Gasteiger partial charge in [-0.3, -0.25) is 0 Å². The SMILES string of the molecule is CCCC(=O)OO.O.O.O. The molecule has 7 N–H and O–H groups in total. The number of carbonyl (C=O) groups excluding carboxylic acids is 1. The fraction of sp³-hybridized carbons (Fsp3) is 0.750. The van der Waals surface area contributed by atoms with Gasteiger partial charge in [-0.2, -0.15) is 5.26 Å². The van der Waals surface area contributed by atoms with Crippen LogP contribution in [0.5, 0.6) is 0 Å². The number of hydrogen-bond acceptors (Lipinski definition) is 3. The summed E-state index contributed by atoms with van der Waals surface area (Å²) in [5.41, 5.74) is 0. The Morgan fingerprint density at radius 1 is 1.40 bits per heavy atom. The van der Waals surface area contributed by atoms with Crippen molar-refractivity contribution in [3.8, 4) is 0 Å². The summed E-state index contributed by atoms with van der Waals surface area (Å²) in [6.45, 7) is 1.83. The Morgan fingerprint density at radius 3 is 1.90 bits per heavy atom. The van der Waals surface area contributed by atoms with Crippen LogP contribution in [0, 0.1) is 0 Å². The van der Waals surface area contributed by atoms with Crippen LogP contribution in [0.4, 0.5) is 0 Å². The van der Waals surface area contributed by atoms with Crippen LogP contribution in [0.25, 0.3) is 0 Å². The first-order valence-electron chi connectivity index (χ1n) is 2.15. The van der Waals surface area contributed by atoms with E-state index in [1.807, 2.05) is 6.92 Å². The molecule has 6 nitrogen and oxygen atoms in total. The molecule has 6 heteroatoms. The number of carbonyl (C=O) groups is 1. The van der Waals surface area contributed by atoms with E-state index in [9.17, 15) is 4.79 Å². The minimum absolute atomic E-state index is 0. The highest BCUT2D eigenvalue weighted by atomic mass is 17.1. The maximum Gasteiger partial charge on any atom is 0.342 e. The monoisotopic (exact) mass is 158 g/mol. The van der Waals surface area contributed by atoms with E-state index in [1.165, 1.54) is 0 Å². The van der Waals surface area contributed by atoms with Gasteiger partial charge in [0.15, 0.2) is 0 Å². The summed E-state index contributed by atoms with van der Waals surface area (Å²) in [6, 6.07) is 0. The first-order chi connectivity index (χ1) is 3.31. The van der Waals surface area contributed by atoms with E-state index in [0.717, 1.165) is 0 Å². The van der Waals surface area contributed by atoms with Crippen LogP contribution >= 0.6 is 0 Å².